The molecule has 1 fully saturated rings. The summed E-state index contributed by atoms with van der Waals surface area (Å²) in [4.78, 5) is 24.5. The molecule has 1 aliphatic rings. The SMILES string of the molecule is Cc1ccc(-c2ccc(/C=C3/SC(=S)N(CC(=O)O)C3=O)o2)c(Br)c1. The Hall–Kier alpha value is -1.90. The summed E-state index contributed by atoms with van der Waals surface area (Å²) in [6, 6.07) is 9.51. The van der Waals surface area contributed by atoms with E-state index in [4.69, 9.17) is 21.7 Å². The monoisotopic (exact) mass is 437 g/mol. The van der Waals surface area contributed by atoms with Gasteiger partial charge in [0.15, 0.2) is 0 Å². The maximum absolute atomic E-state index is 12.3. The van der Waals surface area contributed by atoms with Crippen molar-refractivity contribution in [2.24, 2.45) is 0 Å². The van der Waals surface area contributed by atoms with Crippen LogP contribution in [0.25, 0.3) is 17.4 Å². The molecule has 1 amide bonds. The third kappa shape index (κ3) is 3.86. The first-order valence-electron chi connectivity index (χ1n) is 7.18. The number of rotatable bonds is 4. The van der Waals surface area contributed by atoms with Gasteiger partial charge in [0, 0.05) is 16.1 Å². The minimum Gasteiger partial charge on any atom is -0.480 e. The van der Waals surface area contributed by atoms with Crippen LogP contribution in [0.4, 0.5) is 0 Å². The van der Waals surface area contributed by atoms with E-state index in [1.165, 1.54) is 0 Å². The zero-order valence-corrected chi connectivity index (χ0v) is 16.2. The summed E-state index contributed by atoms with van der Waals surface area (Å²) in [5.74, 6) is -0.369. The number of hydrogen-bond acceptors (Lipinski definition) is 5. The molecule has 0 saturated carbocycles. The molecule has 1 aromatic heterocycles. The predicted octanol–water partition coefficient (Wildman–Crippen LogP) is 4.30. The molecule has 0 atom stereocenters. The topological polar surface area (TPSA) is 70.8 Å². The van der Waals surface area contributed by atoms with Crippen molar-refractivity contribution in [3.8, 4) is 11.3 Å². The number of thiocarbonyl (C=S) groups is 1. The van der Waals surface area contributed by atoms with Crippen LogP contribution in [0, 0.1) is 6.92 Å². The lowest BCUT2D eigenvalue weighted by Gasteiger charge is -2.09. The molecule has 1 aliphatic heterocycles. The number of halogens is 1. The minimum atomic E-state index is -1.11. The van der Waals surface area contributed by atoms with Crippen LogP contribution in [-0.4, -0.2) is 32.7 Å². The van der Waals surface area contributed by atoms with Crippen molar-refractivity contribution in [1.82, 2.24) is 4.90 Å². The van der Waals surface area contributed by atoms with Crippen LogP contribution >= 0.6 is 39.9 Å². The fourth-order valence-electron chi connectivity index (χ4n) is 2.30. The molecule has 1 aromatic carbocycles. The van der Waals surface area contributed by atoms with Crippen LogP contribution in [0.5, 0.6) is 0 Å². The summed E-state index contributed by atoms with van der Waals surface area (Å²) in [6.07, 6.45) is 1.58. The fraction of sp³-hybridized carbons (Fsp3) is 0.118. The number of amides is 1. The largest absolute Gasteiger partial charge is 0.480 e. The van der Waals surface area contributed by atoms with Crippen molar-refractivity contribution in [2.45, 2.75) is 6.92 Å². The van der Waals surface area contributed by atoms with Crippen molar-refractivity contribution in [3.05, 3.63) is 51.0 Å². The first-order chi connectivity index (χ1) is 11.8. The van der Waals surface area contributed by atoms with Gasteiger partial charge in [0.25, 0.3) is 5.91 Å². The van der Waals surface area contributed by atoms with Gasteiger partial charge in [0.05, 0.1) is 4.91 Å². The van der Waals surface area contributed by atoms with Gasteiger partial charge in [0.1, 0.15) is 22.4 Å². The molecule has 3 rings (SSSR count). The Kier molecular flexibility index (Phi) is 5.12. The third-order valence-electron chi connectivity index (χ3n) is 3.46. The molecule has 0 aliphatic carbocycles. The Morgan fingerprint density at radius 1 is 1.40 bits per heavy atom. The molecule has 8 heteroatoms. The standard InChI is InChI=1S/C17H12BrNO4S2/c1-9-2-4-11(12(18)6-9)13-5-3-10(23-13)7-14-16(22)19(8-15(20)21)17(24)25-14/h2-7H,8H2,1H3,(H,20,21)/b14-7+. The average molecular weight is 438 g/mol. The van der Waals surface area contributed by atoms with E-state index in [0.29, 0.717) is 16.4 Å². The molecular formula is C17H12BrNO4S2. The zero-order valence-electron chi connectivity index (χ0n) is 13.0. The van der Waals surface area contributed by atoms with Crippen molar-refractivity contribution < 1.29 is 19.1 Å². The van der Waals surface area contributed by atoms with Crippen LogP contribution < -0.4 is 0 Å². The van der Waals surface area contributed by atoms with E-state index in [2.05, 4.69) is 15.9 Å². The summed E-state index contributed by atoms with van der Waals surface area (Å²) in [6.45, 7) is 1.56. The van der Waals surface area contributed by atoms with E-state index in [-0.39, 0.29) is 4.32 Å². The quantitative estimate of drug-likeness (QED) is 0.567. The number of aliphatic carboxylic acids is 1. The van der Waals surface area contributed by atoms with Gasteiger partial charge in [-0.3, -0.25) is 14.5 Å². The summed E-state index contributed by atoms with van der Waals surface area (Å²) in [5, 5.41) is 8.86. The third-order valence-corrected chi connectivity index (χ3v) is 5.49. The number of carbonyl (C=O) groups excluding carboxylic acids is 1. The van der Waals surface area contributed by atoms with E-state index >= 15 is 0 Å². The van der Waals surface area contributed by atoms with Gasteiger partial charge in [-0.1, -0.05) is 46.0 Å². The van der Waals surface area contributed by atoms with Crippen LogP contribution in [0.15, 0.2) is 44.1 Å². The molecule has 1 saturated heterocycles. The van der Waals surface area contributed by atoms with Crippen LogP contribution in [0.1, 0.15) is 11.3 Å². The highest BCUT2D eigenvalue weighted by atomic mass is 79.9. The van der Waals surface area contributed by atoms with Gasteiger partial charge >= 0.3 is 5.97 Å². The molecule has 2 aromatic rings. The first-order valence-corrected chi connectivity index (χ1v) is 9.20. The van der Waals surface area contributed by atoms with E-state index in [1.54, 1.807) is 12.1 Å². The Labute approximate surface area is 161 Å². The summed E-state index contributed by atoms with van der Waals surface area (Å²) < 4.78 is 6.95. The Morgan fingerprint density at radius 2 is 2.16 bits per heavy atom. The maximum atomic E-state index is 12.3. The smallest absolute Gasteiger partial charge is 0.323 e. The Balaban J connectivity index is 1.86. The number of benzene rings is 1. The number of carboxylic acid groups (broad SMARTS) is 1. The normalized spacial score (nSPS) is 16.1. The number of furan rings is 1. The minimum absolute atomic E-state index is 0.228. The second-order valence-electron chi connectivity index (χ2n) is 5.35. The average Bonchev–Trinajstić information content (AvgIpc) is 3.08. The molecule has 0 unspecified atom stereocenters. The highest BCUT2D eigenvalue weighted by molar-refractivity contribution is 9.10. The maximum Gasteiger partial charge on any atom is 0.323 e. The highest BCUT2D eigenvalue weighted by Gasteiger charge is 2.33. The second-order valence-corrected chi connectivity index (χ2v) is 7.88. The van der Waals surface area contributed by atoms with Gasteiger partial charge in [-0.2, -0.15) is 0 Å². The lowest BCUT2D eigenvalue weighted by molar-refractivity contribution is -0.140. The van der Waals surface area contributed by atoms with Crippen molar-refractivity contribution >= 4 is 62.2 Å². The van der Waals surface area contributed by atoms with Gasteiger partial charge in [-0.25, -0.2) is 0 Å². The van der Waals surface area contributed by atoms with E-state index < -0.39 is 18.4 Å². The Bertz CT molecular complexity index is 919. The van der Waals surface area contributed by atoms with E-state index in [1.807, 2.05) is 31.2 Å². The van der Waals surface area contributed by atoms with Gasteiger partial charge in [-0.05, 0) is 36.8 Å². The summed E-state index contributed by atoms with van der Waals surface area (Å²) in [7, 11) is 0. The molecule has 128 valence electrons. The fourth-order valence-corrected chi connectivity index (χ4v) is 4.22. The lowest BCUT2D eigenvalue weighted by Crippen LogP contribution is -2.33. The number of carbonyl (C=O) groups is 2. The molecule has 0 bridgehead atoms. The number of aryl methyl sites for hydroxylation is 1. The van der Waals surface area contributed by atoms with Crippen molar-refractivity contribution in [1.29, 1.82) is 0 Å². The summed E-state index contributed by atoms with van der Waals surface area (Å²) >= 11 is 9.65. The number of nitrogens with zero attached hydrogens (tertiary/aromatic N) is 1. The van der Waals surface area contributed by atoms with Crippen LogP contribution in [-0.2, 0) is 9.59 Å². The molecule has 5 nitrogen and oxygen atoms in total. The van der Waals surface area contributed by atoms with Crippen LogP contribution in [0.3, 0.4) is 0 Å². The summed E-state index contributed by atoms with van der Waals surface area (Å²) in [5.41, 5.74) is 2.04. The van der Waals surface area contributed by atoms with Gasteiger partial charge in [-0.15, -0.1) is 0 Å². The molecule has 0 radical (unpaired) electrons. The lowest BCUT2D eigenvalue weighted by atomic mass is 10.1. The molecule has 1 N–H and O–H groups in total. The highest BCUT2D eigenvalue weighted by Crippen LogP contribution is 2.34. The van der Waals surface area contributed by atoms with Gasteiger partial charge in [0.2, 0.25) is 0 Å². The number of carboxylic acids is 1. The zero-order chi connectivity index (χ0) is 18.1. The second kappa shape index (κ2) is 7.15. The van der Waals surface area contributed by atoms with Crippen molar-refractivity contribution in [2.75, 3.05) is 6.54 Å². The van der Waals surface area contributed by atoms with Gasteiger partial charge < -0.3 is 9.52 Å². The van der Waals surface area contributed by atoms with Crippen LogP contribution in [0.2, 0.25) is 0 Å². The molecule has 2 heterocycles. The van der Waals surface area contributed by atoms with Crippen molar-refractivity contribution in [3.63, 3.8) is 0 Å². The number of thioether (sulfide) groups is 1. The predicted molar refractivity (Wildman–Crippen MR) is 104 cm³/mol. The van der Waals surface area contributed by atoms with E-state index in [0.717, 1.165) is 32.3 Å². The van der Waals surface area contributed by atoms with E-state index in [9.17, 15) is 9.59 Å². The molecule has 0 spiro atoms. The first kappa shape index (κ1) is 17.9. The molecule has 25 heavy (non-hydrogen) atoms. The molecular weight excluding hydrogens is 426 g/mol. The number of hydrogen-bond donors (Lipinski definition) is 1. The Morgan fingerprint density at radius 3 is 2.84 bits per heavy atom.